The number of esters is 1. The average Bonchev–Trinajstić information content (AvgIpc) is 2.55. The van der Waals surface area contributed by atoms with Crippen LogP contribution in [0.1, 0.15) is 49.4 Å². The lowest BCUT2D eigenvalue weighted by Crippen LogP contribution is -2.17. The van der Waals surface area contributed by atoms with Gasteiger partial charge in [-0.2, -0.15) is 0 Å². The highest BCUT2D eigenvalue weighted by molar-refractivity contribution is 6.67. The van der Waals surface area contributed by atoms with Crippen LogP contribution < -0.4 is 0 Å². The van der Waals surface area contributed by atoms with Crippen molar-refractivity contribution < 1.29 is 19.4 Å². The first-order valence-electron chi connectivity index (χ1n) is 8.30. The van der Waals surface area contributed by atoms with Crippen molar-refractivity contribution in [1.82, 2.24) is 0 Å². The molecule has 1 aliphatic rings. The molecule has 0 aliphatic heterocycles. The van der Waals surface area contributed by atoms with Gasteiger partial charge in [-0.3, -0.25) is 4.79 Å². The molecule has 1 aliphatic carbocycles. The van der Waals surface area contributed by atoms with Crippen molar-refractivity contribution >= 4 is 22.8 Å². The van der Waals surface area contributed by atoms with Crippen LogP contribution in [0.5, 0.6) is 5.75 Å². The lowest BCUT2D eigenvalue weighted by atomic mass is 9.79. The van der Waals surface area contributed by atoms with Crippen LogP contribution in [0.2, 0.25) is 0 Å². The number of phenolic OH excluding ortho intramolecular Hbond substituents is 1. The van der Waals surface area contributed by atoms with Crippen LogP contribution in [-0.2, 0) is 9.53 Å². The van der Waals surface area contributed by atoms with Crippen molar-refractivity contribution in [2.45, 2.75) is 39.0 Å². The Bertz CT molecular complexity index is 624. The maximum Gasteiger partial charge on any atom is 0.341 e. The SMILES string of the molecule is C/C(=C/C1CCCC(CCOC(=O)c2ccccc2O)C1)C(=O)Cl. The normalized spacial score (nSPS) is 21.3. The first-order valence-corrected chi connectivity index (χ1v) is 8.68. The van der Waals surface area contributed by atoms with Crippen LogP contribution in [0.3, 0.4) is 0 Å². The second-order valence-electron chi connectivity index (χ2n) is 6.36. The second kappa shape index (κ2) is 8.88. The number of halogens is 1. The molecule has 5 heteroatoms. The second-order valence-corrected chi connectivity index (χ2v) is 6.70. The molecule has 4 nitrogen and oxygen atoms in total. The van der Waals surface area contributed by atoms with Gasteiger partial charge in [-0.15, -0.1) is 0 Å². The fourth-order valence-corrected chi connectivity index (χ4v) is 3.27. The van der Waals surface area contributed by atoms with Gasteiger partial charge in [-0.25, -0.2) is 4.79 Å². The highest BCUT2D eigenvalue weighted by Gasteiger charge is 2.22. The molecule has 2 unspecified atom stereocenters. The van der Waals surface area contributed by atoms with Crippen molar-refractivity contribution in [3.63, 3.8) is 0 Å². The van der Waals surface area contributed by atoms with Gasteiger partial charge in [0.25, 0.3) is 0 Å². The molecule has 1 aromatic carbocycles. The molecule has 130 valence electrons. The molecule has 0 aromatic heterocycles. The van der Waals surface area contributed by atoms with E-state index >= 15 is 0 Å². The molecular weight excluding hydrogens is 328 g/mol. The third-order valence-corrected chi connectivity index (χ3v) is 4.80. The van der Waals surface area contributed by atoms with E-state index in [1.54, 1.807) is 25.1 Å². The Morgan fingerprint density at radius 1 is 1.33 bits per heavy atom. The van der Waals surface area contributed by atoms with E-state index in [-0.39, 0.29) is 11.3 Å². The molecule has 1 N–H and O–H groups in total. The van der Waals surface area contributed by atoms with Crippen LogP contribution >= 0.6 is 11.6 Å². The number of carbonyl (C=O) groups is 2. The summed E-state index contributed by atoms with van der Waals surface area (Å²) in [6, 6.07) is 6.37. The Hall–Kier alpha value is -1.81. The summed E-state index contributed by atoms with van der Waals surface area (Å²) in [4.78, 5) is 23.1. The largest absolute Gasteiger partial charge is 0.507 e. The zero-order valence-electron chi connectivity index (χ0n) is 13.8. The minimum absolute atomic E-state index is 0.0633. The first-order chi connectivity index (χ1) is 11.5. The van der Waals surface area contributed by atoms with Crippen LogP contribution in [0, 0.1) is 11.8 Å². The molecule has 0 saturated heterocycles. The standard InChI is InChI=1S/C19H23ClO4/c1-13(18(20)22)11-15-6-4-5-14(12-15)9-10-24-19(23)16-7-2-3-8-17(16)21/h2-3,7-8,11,14-15,21H,4-6,9-10,12H2,1H3/b13-11-. The van der Waals surface area contributed by atoms with Crippen LogP contribution in [0.15, 0.2) is 35.9 Å². The zero-order chi connectivity index (χ0) is 17.5. The highest BCUT2D eigenvalue weighted by atomic mass is 35.5. The van der Waals surface area contributed by atoms with E-state index in [1.165, 1.54) is 6.07 Å². The van der Waals surface area contributed by atoms with E-state index < -0.39 is 11.2 Å². The molecule has 24 heavy (non-hydrogen) atoms. The predicted octanol–water partition coefficient (Wildman–Crippen LogP) is 4.46. The Labute approximate surface area is 147 Å². The topological polar surface area (TPSA) is 63.6 Å². The third kappa shape index (κ3) is 5.38. The molecule has 0 bridgehead atoms. The van der Waals surface area contributed by atoms with E-state index in [0.717, 1.165) is 32.1 Å². The molecule has 1 fully saturated rings. The summed E-state index contributed by atoms with van der Waals surface area (Å²) < 4.78 is 5.28. The minimum atomic E-state index is -0.496. The molecule has 2 rings (SSSR count). The van der Waals surface area contributed by atoms with Gasteiger partial charge in [0.1, 0.15) is 11.3 Å². The predicted molar refractivity (Wildman–Crippen MR) is 93.1 cm³/mol. The van der Waals surface area contributed by atoms with Crippen molar-refractivity contribution in [2.75, 3.05) is 6.61 Å². The number of rotatable bonds is 6. The van der Waals surface area contributed by atoms with E-state index in [4.69, 9.17) is 16.3 Å². The molecule has 1 aromatic rings. The number of phenols is 1. The first kappa shape index (κ1) is 18.5. The smallest absolute Gasteiger partial charge is 0.341 e. The summed E-state index contributed by atoms with van der Waals surface area (Å²) in [5, 5.41) is 9.25. The van der Waals surface area contributed by atoms with Crippen molar-refractivity contribution in [2.24, 2.45) is 11.8 Å². The van der Waals surface area contributed by atoms with Crippen LogP contribution in [0.4, 0.5) is 0 Å². The minimum Gasteiger partial charge on any atom is -0.507 e. The van der Waals surface area contributed by atoms with Gasteiger partial charge in [0, 0.05) is 5.57 Å². The van der Waals surface area contributed by atoms with Crippen LogP contribution in [0.25, 0.3) is 0 Å². The lowest BCUT2D eigenvalue weighted by Gasteiger charge is -2.27. The lowest BCUT2D eigenvalue weighted by molar-refractivity contribution is -0.108. The van der Waals surface area contributed by atoms with Gasteiger partial charge >= 0.3 is 5.97 Å². The maximum absolute atomic E-state index is 11.9. The number of hydrogen-bond acceptors (Lipinski definition) is 4. The third-order valence-electron chi connectivity index (χ3n) is 4.50. The number of aromatic hydroxyl groups is 1. The molecule has 2 atom stereocenters. The Morgan fingerprint density at radius 3 is 2.79 bits per heavy atom. The van der Waals surface area contributed by atoms with Crippen molar-refractivity contribution in [3.05, 3.63) is 41.5 Å². The van der Waals surface area contributed by atoms with E-state index in [2.05, 4.69) is 0 Å². The summed E-state index contributed by atoms with van der Waals surface area (Å²) in [7, 11) is 0. The number of ether oxygens (including phenoxy) is 1. The maximum atomic E-state index is 11.9. The summed E-state index contributed by atoms with van der Waals surface area (Å²) in [6.07, 6.45) is 7.01. The van der Waals surface area contributed by atoms with Gasteiger partial charge in [0.2, 0.25) is 5.24 Å². The fourth-order valence-electron chi connectivity index (χ4n) is 3.21. The zero-order valence-corrected chi connectivity index (χ0v) is 14.6. The van der Waals surface area contributed by atoms with Gasteiger partial charge in [0.15, 0.2) is 0 Å². The summed E-state index contributed by atoms with van der Waals surface area (Å²) in [5.74, 6) is 0.270. The summed E-state index contributed by atoms with van der Waals surface area (Å²) in [5.41, 5.74) is 0.798. The van der Waals surface area contributed by atoms with Crippen molar-refractivity contribution in [3.8, 4) is 5.75 Å². The average molecular weight is 351 g/mol. The Morgan fingerprint density at radius 2 is 2.08 bits per heavy atom. The van der Waals surface area contributed by atoms with Gasteiger partial charge in [0.05, 0.1) is 6.61 Å². The van der Waals surface area contributed by atoms with Gasteiger partial charge in [-0.05, 0) is 61.8 Å². The molecule has 0 heterocycles. The van der Waals surface area contributed by atoms with Crippen molar-refractivity contribution in [1.29, 1.82) is 0 Å². The fraction of sp³-hybridized carbons (Fsp3) is 0.474. The quantitative estimate of drug-likeness (QED) is 0.467. The number of allylic oxidation sites excluding steroid dienone is 2. The molecule has 1 saturated carbocycles. The molecular formula is C19H23ClO4. The monoisotopic (exact) mass is 350 g/mol. The summed E-state index contributed by atoms with van der Waals surface area (Å²) >= 11 is 5.49. The Balaban J connectivity index is 1.80. The number of carbonyl (C=O) groups excluding carboxylic acids is 2. The molecule has 0 spiro atoms. The van der Waals surface area contributed by atoms with Gasteiger partial charge in [-0.1, -0.05) is 31.1 Å². The number of hydrogen-bond donors (Lipinski definition) is 1. The number of benzene rings is 1. The van der Waals surface area contributed by atoms with E-state index in [1.807, 2.05) is 6.08 Å². The number of para-hydroxylation sites is 1. The molecule has 0 amide bonds. The molecule has 0 radical (unpaired) electrons. The van der Waals surface area contributed by atoms with Crippen LogP contribution in [-0.4, -0.2) is 22.9 Å². The van der Waals surface area contributed by atoms with E-state index in [0.29, 0.717) is 24.0 Å². The highest BCUT2D eigenvalue weighted by Crippen LogP contribution is 2.32. The van der Waals surface area contributed by atoms with E-state index in [9.17, 15) is 14.7 Å². The summed E-state index contributed by atoms with van der Waals surface area (Å²) in [6.45, 7) is 2.08. The Kier molecular flexibility index (Phi) is 6.85. The van der Waals surface area contributed by atoms with Gasteiger partial charge < -0.3 is 9.84 Å².